The first-order valence-electron chi connectivity index (χ1n) is 13.2. The molecule has 0 spiro atoms. The maximum Gasteiger partial charge on any atom is 0.338 e. The van der Waals surface area contributed by atoms with Gasteiger partial charge in [-0.15, -0.1) is 5.10 Å². The summed E-state index contributed by atoms with van der Waals surface area (Å²) in [5, 5.41) is 10.2. The van der Waals surface area contributed by atoms with Gasteiger partial charge >= 0.3 is 5.97 Å². The molecule has 0 saturated heterocycles. The Balaban J connectivity index is 1.52. The van der Waals surface area contributed by atoms with Crippen LogP contribution in [0.4, 0.5) is 5.95 Å². The summed E-state index contributed by atoms with van der Waals surface area (Å²) >= 11 is 24.1. The number of nitrogens with zero attached hydrogens (tertiary/aromatic N) is 3. The van der Waals surface area contributed by atoms with E-state index in [-0.39, 0.29) is 13.2 Å². The summed E-state index contributed by atoms with van der Waals surface area (Å²) in [5.41, 5.74) is 3.22. The van der Waals surface area contributed by atoms with Gasteiger partial charge in [0.2, 0.25) is 11.1 Å². The molecule has 8 nitrogen and oxygen atoms in total. The van der Waals surface area contributed by atoms with Crippen LogP contribution >= 0.6 is 62.5 Å². The number of hydrogen-bond donors (Lipinski definition) is 1. The lowest BCUT2D eigenvalue weighted by Gasteiger charge is -2.28. The number of fused-ring (bicyclic) bond motifs is 1. The van der Waals surface area contributed by atoms with Crippen LogP contribution < -0.4 is 14.8 Å². The maximum absolute atomic E-state index is 13.4. The van der Waals surface area contributed by atoms with Crippen molar-refractivity contribution < 1.29 is 19.0 Å². The van der Waals surface area contributed by atoms with E-state index in [1.54, 1.807) is 35.9 Å². The summed E-state index contributed by atoms with van der Waals surface area (Å²) < 4.78 is 19.6. The highest BCUT2D eigenvalue weighted by Gasteiger charge is 2.36. The Labute approximate surface area is 282 Å². The molecule has 0 saturated carbocycles. The average Bonchev–Trinajstić information content (AvgIpc) is 3.41. The van der Waals surface area contributed by atoms with Gasteiger partial charge in [-0.25, -0.2) is 9.48 Å². The number of nitrogens with one attached hydrogen (secondary N) is 1. The summed E-state index contributed by atoms with van der Waals surface area (Å²) in [4.78, 5) is 18.1. The molecule has 0 aliphatic carbocycles. The van der Waals surface area contributed by atoms with Gasteiger partial charge in [0.05, 0.1) is 17.2 Å². The van der Waals surface area contributed by atoms with Gasteiger partial charge in [0.1, 0.15) is 19.3 Å². The lowest BCUT2D eigenvalue weighted by atomic mass is 9.95. The Morgan fingerprint density at radius 3 is 2.57 bits per heavy atom. The van der Waals surface area contributed by atoms with Crippen LogP contribution in [-0.4, -0.2) is 34.5 Å². The van der Waals surface area contributed by atoms with Gasteiger partial charge in [0.25, 0.3) is 0 Å². The first-order valence-corrected chi connectivity index (χ1v) is 16.1. The van der Waals surface area contributed by atoms with E-state index >= 15 is 0 Å². The minimum atomic E-state index is -0.706. The monoisotopic (exact) mass is 734 g/mol. The number of rotatable bonds is 11. The van der Waals surface area contributed by atoms with Crippen molar-refractivity contribution in [2.75, 3.05) is 19.0 Å². The number of allylic oxidation sites excluding steroid dienone is 1. The van der Waals surface area contributed by atoms with Crippen molar-refractivity contribution in [1.82, 2.24) is 14.8 Å². The van der Waals surface area contributed by atoms with E-state index in [1.807, 2.05) is 30.3 Å². The highest BCUT2D eigenvalue weighted by Crippen LogP contribution is 2.44. The molecule has 2 heterocycles. The zero-order chi connectivity index (χ0) is 31.4. The molecular formula is C31H26BrCl3N4O4S. The molecular weight excluding hydrogens is 711 g/mol. The van der Waals surface area contributed by atoms with Crippen LogP contribution in [0, 0.1) is 0 Å². The predicted octanol–water partition coefficient (Wildman–Crippen LogP) is 8.90. The van der Waals surface area contributed by atoms with Crippen molar-refractivity contribution in [3.63, 3.8) is 0 Å². The van der Waals surface area contributed by atoms with E-state index in [0.29, 0.717) is 70.3 Å². The summed E-state index contributed by atoms with van der Waals surface area (Å²) in [6.07, 6.45) is 1.51. The number of aromatic nitrogens is 3. The number of halogens is 4. The highest BCUT2D eigenvalue weighted by molar-refractivity contribution is 9.10. The number of carbonyl (C=O) groups is 1. The van der Waals surface area contributed by atoms with Crippen LogP contribution in [0.2, 0.25) is 15.1 Å². The van der Waals surface area contributed by atoms with Crippen molar-refractivity contribution >= 4 is 74.4 Å². The molecule has 1 atom stereocenters. The van der Waals surface area contributed by atoms with E-state index in [9.17, 15) is 4.79 Å². The second-order valence-electron chi connectivity index (χ2n) is 9.52. The third-order valence-electron chi connectivity index (χ3n) is 6.69. The molecule has 0 radical (unpaired) electrons. The van der Waals surface area contributed by atoms with Crippen molar-refractivity contribution in [3.05, 3.63) is 115 Å². The molecule has 1 aliphatic rings. The lowest BCUT2D eigenvalue weighted by molar-refractivity contribution is -0.138. The zero-order valence-electron chi connectivity index (χ0n) is 23.6. The largest absolute Gasteiger partial charge is 0.493 e. The number of thioether (sulfide) groups is 1. The molecule has 3 aromatic carbocycles. The summed E-state index contributed by atoms with van der Waals surface area (Å²) in [5.74, 6) is 1.37. The minimum Gasteiger partial charge on any atom is -0.493 e. The van der Waals surface area contributed by atoms with Crippen LogP contribution in [0.15, 0.2) is 88.2 Å². The first kappa shape index (κ1) is 32.2. The summed E-state index contributed by atoms with van der Waals surface area (Å²) in [7, 11) is 1.54. The molecule has 5 rings (SSSR count). The first-order chi connectivity index (χ1) is 21.2. The second-order valence-corrected chi connectivity index (χ2v) is 12.5. The Morgan fingerprint density at radius 2 is 1.86 bits per heavy atom. The molecule has 1 aliphatic heterocycles. The third kappa shape index (κ3) is 6.89. The molecule has 0 amide bonds. The standard InChI is InChI=1S/C31H26BrCl3N4O4S/c1-4-12-42-29(40)26-17(2)36-30-37-31(44-16-18-8-5-6-9-22(18)33)38-39(30)27(26)19-13-21(32)28(25(14-19)41-3)43-15-20-23(34)10-7-11-24(20)35/h4-11,13-14,27H,1,12,15-16H2,2-3H3,(H,36,37,38). The van der Waals surface area contributed by atoms with Gasteiger partial charge in [-0.3, -0.25) is 0 Å². The zero-order valence-corrected chi connectivity index (χ0v) is 28.2. The van der Waals surface area contributed by atoms with Crippen molar-refractivity contribution in [2.45, 2.75) is 30.5 Å². The van der Waals surface area contributed by atoms with E-state index in [1.165, 1.54) is 24.9 Å². The molecule has 228 valence electrons. The lowest BCUT2D eigenvalue weighted by Crippen LogP contribution is -2.29. The molecule has 1 N–H and O–H groups in total. The normalized spacial score (nSPS) is 14.1. The Morgan fingerprint density at radius 1 is 1.14 bits per heavy atom. The molecule has 44 heavy (non-hydrogen) atoms. The van der Waals surface area contributed by atoms with Gasteiger partial charge in [0.15, 0.2) is 11.5 Å². The summed E-state index contributed by atoms with van der Waals surface area (Å²) in [6.45, 7) is 5.61. The van der Waals surface area contributed by atoms with E-state index < -0.39 is 12.0 Å². The van der Waals surface area contributed by atoms with Crippen LogP contribution in [0.3, 0.4) is 0 Å². The van der Waals surface area contributed by atoms with Crippen molar-refractivity contribution in [2.24, 2.45) is 0 Å². The molecule has 1 unspecified atom stereocenters. The minimum absolute atomic E-state index is 0.0515. The fourth-order valence-electron chi connectivity index (χ4n) is 4.59. The fourth-order valence-corrected chi connectivity index (χ4v) is 6.78. The number of anilines is 1. The van der Waals surface area contributed by atoms with Gasteiger partial charge in [-0.1, -0.05) is 83.5 Å². The summed E-state index contributed by atoms with van der Waals surface area (Å²) in [6, 6.07) is 15.8. The topological polar surface area (TPSA) is 87.5 Å². The maximum atomic E-state index is 13.4. The predicted molar refractivity (Wildman–Crippen MR) is 178 cm³/mol. The quantitative estimate of drug-likeness (QED) is 0.0929. The van der Waals surface area contributed by atoms with E-state index in [4.69, 9.17) is 59.1 Å². The fraction of sp³-hybridized carbons (Fsp3) is 0.194. The number of benzene rings is 3. The number of esters is 1. The van der Waals surface area contributed by atoms with Crippen LogP contribution in [0.5, 0.6) is 11.5 Å². The molecule has 1 aromatic heterocycles. The second kappa shape index (κ2) is 14.3. The van der Waals surface area contributed by atoms with Crippen molar-refractivity contribution in [1.29, 1.82) is 0 Å². The van der Waals surface area contributed by atoms with Gasteiger partial charge in [-0.2, -0.15) is 4.98 Å². The Hall–Kier alpha value is -3.15. The van der Waals surface area contributed by atoms with Gasteiger partial charge < -0.3 is 19.5 Å². The van der Waals surface area contributed by atoms with E-state index in [0.717, 1.165) is 5.56 Å². The van der Waals surface area contributed by atoms with Crippen LogP contribution in [-0.2, 0) is 21.9 Å². The third-order valence-corrected chi connectivity index (χ3v) is 9.24. The van der Waals surface area contributed by atoms with Gasteiger partial charge in [0, 0.05) is 32.1 Å². The Kier molecular flexibility index (Phi) is 10.5. The molecule has 4 aromatic rings. The molecule has 0 fully saturated rings. The average molecular weight is 737 g/mol. The number of hydrogen-bond acceptors (Lipinski definition) is 8. The number of methoxy groups -OCH3 is 1. The Bertz CT molecular complexity index is 1740. The van der Waals surface area contributed by atoms with E-state index in [2.05, 4.69) is 27.8 Å². The van der Waals surface area contributed by atoms with Crippen molar-refractivity contribution in [3.8, 4) is 11.5 Å². The molecule has 13 heteroatoms. The molecule has 0 bridgehead atoms. The van der Waals surface area contributed by atoms with Crippen LogP contribution in [0.25, 0.3) is 0 Å². The SMILES string of the molecule is C=CCOC(=O)C1=C(C)Nc2nc(SCc3ccccc3Cl)nn2C1c1cc(Br)c(OCc2c(Cl)cccc2Cl)c(OC)c1. The number of ether oxygens (including phenoxy) is 3. The van der Waals surface area contributed by atoms with Crippen LogP contribution in [0.1, 0.15) is 29.7 Å². The van der Waals surface area contributed by atoms with Gasteiger partial charge in [-0.05, 0) is 64.3 Å². The number of carbonyl (C=O) groups excluding carboxylic acids is 1. The highest BCUT2D eigenvalue weighted by atomic mass is 79.9. The smallest absolute Gasteiger partial charge is 0.338 e.